The zero-order valence-electron chi connectivity index (χ0n) is 12.2. The van der Waals surface area contributed by atoms with Gasteiger partial charge in [0, 0.05) is 11.6 Å². The SMILES string of the molecule is COc1ccc(CCC(N)c2cc(F)c(C)cc2F)cc1. The number of benzene rings is 2. The number of hydrogen-bond donors (Lipinski definition) is 1. The highest BCUT2D eigenvalue weighted by molar-refractivity contribution is 5.29. The van der Waals surface area contributed by atoms with Crippen LogP contribution in [0.3, 0.4) is 0 Å². The van der Waals surface area contributed by atoms with Crippen LogP contribution < -0.4 is 10.5 Å². The van der Waals surface area contributed by atoms with Gasteiger partial charge in [-0.25, -0.2) is 8.78 Å². The molecule has 0 aromatic heterocycles. The quantitative estimate of drug-likeness (QED) is 0.906. The fraction of sp³-hybridized carbons (Fsp3) is 0.294. The van der Waals surface area contributed by atoms with Crippen LogP contribution in [0.25, 0.3) is 0 Å². The van der Waals surface area contributed by atoms with Gasteiger partial charge in [-0.15, -0.1) is 0 Å². The van der Waals surface area contributed by atoms with Gasteiger partial charge in [-0.1, -0.05) is 12.1 Å². The van der Waals surface area contributed by atoms with Crippen LogP contribution in [0.15, 0.2) is 36.4 Å². The monoisotopic (exact) mass is 291 g/mol. The first kappa shape index (κ1) is 15.4. The van der Waals surface area contributed by atoms with Crippen molar-refractivity contribution in [2.75, 3.05) is 7.11 Å². The summed E-state index contributed by atoms with van der Waals surface area (Å²) in [6, 6.07) is 9.48. The average Bonchev–Trinajstić information content (AvgIpc) is 2.49. The zero-order chi connectivity index (χ0) is 15.4. The molecule has 1 unspecified atom stereocenters. The number of methoxy groups -OCH3 is 1. The van der Waals surface area contributed by atoms with E-state index in [1.807, 2.05) is 24.3 Å². The first-order chi connectivity index (χ1) is 10.0. The molecule has 0 spiro atoms. The molecular weight excluding hydrogens is 272 g/mol. The molecular formula is C17H19F2NO. The van der Waals surface area contributed by atoms with Gasteiger partial charge in [0.25, 0.3) is 0 Å². The van der Waals surface area contributed by atoms with Crippen LogP contribution in [0, 0.1) is 18.6 Å². The van der Waals surface area contributed by atoms with Crippen molar-refractivity contribution >= 4 is 0 Å². The number of rotatable bonds is 5. The van der Waals surface area contributed by atoms with Crippen LogP contribution >= 0.6 is 0 Å². The second-order valence-electron chi connectivity index (χ2n) is 5.12. The van der Waals surface area contributed by atoms with Crippen molar-refractivity contribution in [3.8, 4) is 5.75 Å². The Hall–Kier alpha value is -1.94. The highest BCUT2D eigenvalue weighted by Gasteiger charge is 2.14. The highest BCUT2D eigenvalue weighted by Crippen LogP contribution is 2.23. The standard InChI is InChI=1S/C17H19F2NO/c1-11-9-16(19)14(10-15(11)18)17(20)8-5-12-3-6-13(21-2)7-4-12/h3-4,6-7,9-10,17H,5,8,20H2,1-2H3. The van der Waals surface area contributed by atoms with Gasteiger partial charge in [0.2, 0.25) is 0 Å². The summed E-state index contributed by atoms with van der Waals surface area (Å²) in [4.78, 5) is 0. The van der Waals surface area contributed by atoms with Crippen molar-refractivity contribution in [2.45, 2.75) is 25.8 Å². The number of aryl methyl sites for hydroxylation is 2. The molecule has 0 aliphatic heterocycles. The van der Waals surface area contributed by atoms with Crippen LogP contribution in [-0.4, -0.2) is 7.11 Å². The first-order valence-corrected chi connectivity index (χ1v) is 6.85. The van der Waals surface area contributed by atoms with Crippen LogP contribution in [0.2, 0.25) is 0 Å². The van der Waals surface area contributed by atoms with E-state index < -0.39 is 17.7 Å². The number of halogens is 2. The van der Waals surface area contributed by atoms with E-state index in [-0.39, 0.29) is 5.56 Å². The summed E-state index contributed by atoms with van der Waals surface area (Å²) in [7, 11) is 1.61. The third-order valence-electron chi connectivity index (χ3n) is 3.58. The van der Waals surface area contributed by atoms with E-state index >= 15 is 0 Å². The summed E-state index contributed by atoms with van der Waals surface area (Å²) in [6.07, 6.45) is 1.24. The van der Waals surface area contributed by atoms with Crippen molar-refractivity contribution < 1.29 is 13.5 Å². The molecule has 2 rings (SSSR count). The molecule has 1 atom stereocenters. The molecule has 2 aromatic rings. The molecule has 2 N–H and O–H groups in total. The second kappa shape index (κ2) is 6.68. The van der Waals surface area contributed by atoms with Crippen molar-refractivity contribution in [1.82, 2.24) is 0 Å². The van der Waals surface area contributed by atoms with Crippen molar-refractivity contribution in [3.63, 3.8) is 0 Å². The molecule has 0 saturated carbocycles. The van der Waals surface area contributed by atoms with Gasteiger partial charge in [-0.3, -0.25) is 0 Å². The molecule has 112 valence electrons. The van der Waals surface area contributed by atoms with Crippen LogP contribution in [0.5, 0.6) is 5.75 Å². The van der Waals surface area contributed by atoms with Crippen LogP contribution in [0.1, 0.15) is 29.2 Å². The minimum atomic E-state index is -0.526. The maximum atomic E-state index is 13.8. The predicted molar refractivity (Wildman–Crippen MR) is 79.3 cm³/mol. The predicted octanol–water partition coefficient (Wildman–Crippen LogP) is 3.91. The maximum Gasteiger partial charge on any atom is 0.128 e. The van der Waals surface area contributed by atoms with Crippen molar-refractivity contribution in [1.29, 1.82) is 0 Å². The Morgan fingerprint density at radius 2 is 1.76 bits per heavy atom. The van der Waals surface area contributed by atoms with Gasteiger partial charge < -0.3 is 10.5 Å². The Balaban J connectivity index is 2.04. The number of hydrogen-bond acceptors (Lipinski definition) is 2. The molecule has 0 fully saturated rings. The Labute approximate surface area is 123 Å². The lowest BCUT2D eigenvalue weighted by molar-refractivity contribution is 0.414. The normalized spacial score (nSPS) is 12.2. The van der Waals surface area contributed by atoms with Crippen LogP contribution in [0.4, 0.5) is 8.78 Å². The fourth-order valence-corrected chi connectivity index (χ4v) is 2.22. The Morgan fingerprint density at radius 3 is 2.38 bits per heavy atom. The van der Waals surface area contributed by atoms with Gasteiger partial charge >= 0.3 is 0 Å². The van der Waals surface area contributed by atoms with E-state index in [9.17, 15) is 8.78 Å². The highest BCUT2D eigenvalue weighted by atomic mass is 19.1. The topological polar surface area (TPSA) is 35.2 Å². The van der Waals surface area contributed by atoms with Gasteiger partial charge in [0.05, 0.1) is 7.11 Å². The maximum absolute atomic E-state index is 13.8. The van der Waals surface area contributed by atoms with Gasteiger partial charge in [0.1, 0.15) is 17.4 Å². The minimum Gasteiger partial charge on any atom is -0.497 e. The van der Waals surface area contributed by atoms with Crippen molar-refractivity contribution in [3.05, 3.63) is 64.7 Å². The lowest BCUT2D eigenvalue weighted by atomic mass is 9.98. The third kappa shape index (κ3) is 3.79. The van der Waals surface area contributed by atoms with Gasteiger partial charge in [-0.2, -0.15) is 0 Å². The van der Waals surface area contributed by atoms with Crippen molar-refractivity contribution in [2.24, 2.45) is 5.73 Å². The lowest BCUT2D eigenvalue weighted by Crippen LogP contribution is -2.14. The summed E-state index contributed by atoms with van der Waals surface area (Å²) in [5.41, 5.74) is 7.59. The largest absolute Gasteiger partial charge is 0.497 e. The summed E-state index contributed by atoms with van der Waals surface area (Å²) in [5.74, 6) is -0.0860. The Kier molecular flexibility index (Phi) is 4.91. The zero-order valence-corrected chi connectivity index (χ0v) is 12.2. The molecule has 0 saturated heterocycles. The van der Waals surface area contributed by atoms with Crippen LogP contribution in [-0.2, 0) is 6.42 Å². The van der Waals surface area contributed by atoms with E-state index in [1.165, 1.54) is 19.1 Å². The summed E-state index contributed by atoms with van der Waals surface area (Å²) in [5, 5.41) is 0. The van der Waals surface area contributed by atoms with Gasteiger partial charge in [-0.05, 0) is 55.2 Å². The van der Waals surface area contributed by atoms with E-state index in [1.54, 1.807) is 7.11 Å². The minimum absolute atomic E-state index is 0.228. The van der Waals surface area contributed by atoms with Gasteiger partial charge in [0.15, 0.2) is 0 Å². The molecule has 0 radical (unpaired) electrons. The molecule has 0 aliphatic rings. The first-order valence-electron chi connectivity index (χ1n) is 6.85. The molecule has 0 bridgehead atoms. The molecule has 21 heavy (non-hydrogen) atoms. The average molecular weight is 291 g/mol. The smallest absolute Gasteiger partial charge is 0.128 e. The summed E-state index contributed by atoms with van der Waals surface area (Å²) >= 11 is 0. The number of ether oxygens (including phenoxy) is 1. The Bertz CT molecular complexity index is 611. The molecule has 0 aliphatic carbocycles. The molecule has 0 amide bonds. The fourth-order valence-electron chi connectivity index (χ4n) is 2.22. The molecule has 4 heteroatoms. The summed E-state index contributed by atoms with van der Waals surface area (Å²) < 4.78 is 32.5. The Morgan fingerprint density at radius 1 is 1.10 bits per heavy atom. The van der Waals surface area contributed by atoms with E-state index in [0.29, 0.717) is 18.4 Å². The second-order valence-corrected chi connectivity index (χ2v) is 5.12. The van der Waals surface area contributed by atoms with E-state index in [0.717, 1.165) is 11.3 Å². The number of nitrogens with two attached hydrogens (primary N) is 1. The lowest BCUT2D eigenvalue weighted by Gasteiger charge is -2.14. The molecule has 0 heterocycles. The van der Waals surface area contributed by atoms with E-state index in [2.05, 4.69) is 0 Å². The third-order valence-corrected chi connectivity index (χ3v) is 3.58. The molecule has 2 aromatic carbocycles. The van der Waals surface area contributed by atoms with E-state index in [4.69, 9.17) is 10.5 Å². The summed E-state index contributed by atoms with van der Waals surface area (Å²) in [6.45, 7) is 1.53. The molecule has 2 nitrogen and oxygen atoms in total.